The normalized spacial score (nSPS) is 15.0. The molecule has 0 unspecified atom stereocenters. The molecule has 2 aromatic carbocycles. The van der Waals surface area contributed by atoms with Gasteiger partial charge in [0, 0.05) is 31.7 Å². The van der Waals surface area contributed by atoms with Crippen LogP contribution in [0.25, 0.3) is 0 Å². The topological polar surface area (TPSA) is 90.0 Å². The number of hydrogen-bond donors (Lipinski definition) is 1. The van der Waals surface area contributed by atoms with Crippen molar-refractivity contribution in [3.63, 3.8) is 0 Å². The molecule has 1 aliphatic carbocycles. The zero-order valence-corrected chi connectivity index (χ0v) is 22.6. The molecule has 2 aromatic rings. The van der Waals surface area contributed by atoms with E-state index in [1.54, 1.807) is 48.5 Å². The Kier molecular flexibility index (Phi) is 9.76. The smallest absolute Gasteiger partial charge is 0.304 e. The van der Waals surface area contributed by atoms with Gasteiger partial charge >= 0.3 is 10.2 Å². The number of nitrogens with zero attached hydrogens (tertiary/aromatic N) is 3. The highest BCUT2D eigenvalue weighted by atomic mass is 35.5. The molecule has 10 heteroatoms. The predicted octanol–water partition coefficient (Wildman–Crippen LogP) is 3.82. The van der Waals surface area contributed by atoms with Crippen molar-refractivity contribution < 1.29 is 18.0 Å². The number of amides is 2. The third-order valence-electron chi connectivity index (χ3n) is 6.45. The van der Waals surface area contributed by atoms with E-state index in [4.69, 9.17) is 11.6 Å². The maximum atomic E-state index is 13.8. The van der Waals surface area contributed by atoms with Gasteiger partial charge in [-0.25, -0.2) is 4.31 Å². The molecule has 0 radical (unpaired) electrons. The molecule has 3 rings (SSSR count). The van der Waals surface area contributed by atoms with E-state index in [0.29, 0.717) is 22.7 Å². The Hall–Kier alpha value is -2.62. The Labute approximate surface area is 219 Å². The van der Waals surface area contributed by atoms with E-state index in [0.717, 1.165) is 34.3 Å². The Morgan fingerprint density at radius 2 is 1.64 bits per heavy atom. The van der Waals surface area contributed by atoms with Gasteiger partial charge in [0.25, 0.3) is 0 Å². The Balaban J connectivity index is 1.96. The van der Waals surface area contributed by atoms with Gasteiger partial charge in [0.1, 0.15) is 12.6 Å². The average molecular weight is 535 g/mol. The van der Waals surface area contributed by atoms with Crippen molar-refractivity contribution in [1.29, 1.82) is 0 Å². The van der Waals surface area contributed by atoms with E-state index >= 15 is 0 Å². The lowest BCUT2D eigenvalue weighted by Crippen LogP contribution is -2.54. The summed E-state index contributed by atoms with van der Waals surface area (Å²) in [5.74, 6) is -0.718. The fraction of sp³-hybridized carbons (Fsp3) is 0.462. The van der Waals surface area contributed by atoms with Gasteiger partial charge in [-0.2, -0.15) is 12.7 Å². The van der Waals surface area contributed by atoms with Crippen LogP contribution in [0.15, 0.2) is 54.6 Å². The number of benzene rings is 2. The minimum absolute atomic E-state index is 0.0831. The number of carbonyl (C=O) groups excluding carboxylic acids is 2. The van der Waals surface area contributed by atoms with Crippen LogP contribution in [0.5, 0.6) is 0 Å². The Morgan fingerprint density at radius 3 is 2.22 bits per heavy atom. The first-order chi connectivity index (χ1) is 17.1. The van der Waals surface area contributed by atoms with Crippen molar-refractivity contribution in [1.82, 2.24) is 14.5 Å². The van der Waals surface area contributed by atoms with Crippen LogP contribution in [0.4, 0.5) is 5.69 Å². The van der Waals surface area contributed by atoms with E-state index in [1.807, 2.05) is 13.0 Å². The molecule has 1 N–H and O–H groups in total. The molecule has 0 aromatic heterocycles. The van der Waals surface area contributed by atoms with Crippen molar-refractivity contribution in [2.75, 3.05) is 24.9 Å². The largest absolute Gasteiger partial charge is 0.352 e. The zero-order chi connectivity index (χ0) is 26.3. The Bertz CT molecular complexity index is 1140. The van der Waals surface area contributed by atoms with Crippen LogP contribution in [0.1, 0.15) is 44.6 Å². The first-order valence-electron chi connectivity index (χ1n) is 12.2. The van der Waals surface area contributed by atoms with Gasteiger partial charge in [-0.15, -0.1) is 0 Å². The number of carbonyl (C=O) groups is 2. The fourth-order valence-electron chi connectivity index (χ4n) is 4.41. The number of rotatable bonds is 11. The van der Waals surface area contributed by atoms with E-state index < -0.39 is 28.7 Å². The molecule has 0 aliphatic heterocycles. The van der Waals surface area contributed by atoms with E-state index in [-0.39, 0.29) is 18.5 Å². The lowest BCUT2D eigenvalue weighted by molar-refractivity contribution is -0.140. The summed E-state index contributed by atoms with van der Waals surface area (Å²) in [5, 5.41) is 3.57. The standard InChI is InChI=1S/C26H35ClN4O4S/c1-4-24(26(33)28-21-13-9-10-14-21)30(18-20-12-8-11-17-23(20)27)25(32)19-31(36(34,35)29(2)3)22-15-6-5-7-16-22/h5-8,11-12,15-17,21,24H,4,9-10,13-14,18-19H2,1-3H3,(H,28,33)/t24-/m1/s1. The molecular formula is C26H35ClN4O4S. The predicted molar refractivity (Wildman–Crippen MR) is 143 cm³/mol. The average Bonchev–Trinajstić information content (AvgIpc) is 3.36. The van der Waals surface area contributed by atoms with Gasteiger partial charge in [0.15, 0.2) is 0 Å². The van der Waals surface area contributed by atoms with E-state index in [2.05, 4.69) is 5.32 Å². The van der Waals surface area contributed by atoms with Crippen molar-refractivity contribution in [2.24, 2.45) is 0 Å². The monoisotopic (exact) mass is 534 g/mol. The summed E-state index contributed by atoms with van der Waals surface area (Å²) >= 11 is 6.40. The van der Waals surface area contributed by atoms with E-state index in [9.17, 15) is 18.0 Å². The van der Waals surface area contributed by atoms with Crippen LogP contribution < -0.4 is 9.62 Å². The number of anilines is 1. The molecule has 1 atom stereocenters. The zero-order valence-electron chi connectivity index (χ0n) is 21.1. The molecule has 0 spiro atoms. The molecule has 2 amide bonds. The quantitative estimate of drug-likeness (QED) is 0.474. The second kappa shape index (κ2) is 12.6. The van der Waals surface area contributed by atoms with Crippen LogP contribution in [-0.2, 0) is 26.3 Å². The summed E-state index contributed by atoms with van der Waals surface area (Å²) < 4.78 is 28.5. The molecule has 0 bridgehead atoms. The summed E-state index contributed by atoms with van der Waals surface area (Å²) in [5.41, 5.74) is 1.04. The maximum absolute atomic E-state index is 13.8. The minimum atomic E-state index is -3.98. The van der Waals surface area contributed by atoms with Crippen LogP contribution >= 0.6 is 11.6 Å². The highest BCUT2D eigenvalue weighted by molar-refractivity contribution is 7.90. The minimum Gasteiger partial charge on any atom is -0.352 e. The molecule has 1 fully saturated rings. The third kappa shape index (κ3) is 6.78. The van der Waals surface area contributed by atoms with Crippen molar-refractivity contribution in [2.45, 2.75) is 57.7 Å². The van der Waals surface area contributed by atoms with Crippen LogP contribution in [-0.4, -0.2) is 62.2 Å². The van der Waals surface area contributed by atoms with Gasteiger partial charge in [-0.05, 0) is 43.0 Å². The number of halogens is 1. The van der Waals surface area contributed by atoms with Gasteiger partial charge in [0.2, 0.25) is 11.8 Å². The summed E-state index contributed by atoms with van der Waals surface area (Å²) in [6, 6.07) is 14.9. The second-order valence-electron chi connectivity index (χ2n) is 9.16. The lowest BCUT2D eigenvalue weighted by atomic mass is 10.1. The molecule has 0 saturated heterocycles. The number of nitrogens with one attached hydrogen (secondary N) is 1. The van der Waals surface area contributed by atoms with Gasteiger partial charge in [-0.1, -0.05) is 67.8 Å². The SMILES string of the molecule is CC[C@H](C(=O)NC1CCCC1)N(Cc1ccccc1Cl)C(=O)CN(c1ccccc1)S(=O)(=O)N(C)C. The van der Waals surface area contributed by atoms with Gasteiger partial charge in [0.05, 0.1) is 5.69 Å². The summed E-state index contributed by atoms with van der Waals surface area (Å²) in [6.45, 7) is 1.47. The highest BCUT2D eigenvalue weighted by Gasteiger charge is 2.34. The van der Waals surface area contributed by atoms with Crippen LogP contribution in [0.2, 0.25) is 5.02 Å². The van der Waals surface area contributed by atoms with Crippen LogP contribution in [0.3, 0.4) is 0 Å². The molecule has 36 heavy (non-hydrogen) atoms. The first kappa shape index (κ1) is 28.0. The molecule has 196 valence electrons. The van der Waals surface area contributed by atoms with Crippen LogP contribution in [0, 0.1) is 0 Å². The van der Waals surface area contributed by atoms with Gasteiger partial charge < -0.3 is 10.2 Å². The molecule has 8 nitrogen and oxygen atoms in total. The molecule has 0 heterocycles. The summed E-state index contributed by atoms with van der Waals surface area (Å²) in [4.78, 5) is 28.6. The molecular weight excluding hydrogens is 500 g/mol. The summed E-state index contributed by atoms with van der Waals surface area (Å²) in [6.07, 6.45) is 4.35. The van der Waals surface area contributed by atoms with Gasteiger partial charge in [-0.3, -0.25) is 9.59 Å². The fourth-order valence-corrected chi connectivity index (χ4v) is 5.66. The summed E-state index contributed by atoms with van der Waals surface area (Å²) in [7, 11) is -1.14. The first-order valence-corrected chi connectivity index (χ1v) is 14.0. The van der Waals surface area contributed by atoms with E-state index in [1.165, 1.54) is 19.0 Å². The maximum Gasteiger partial charge on any atom is 0.304 e. The highest BCUT2D eigenvalue weighted by Crippen LogP contribution is 2.24. The number of hydrogen-bond acceptors (Lipinski definition) is 4. The van der Waals surface area contributed by atoms with Crippen molar-refractivity contribution in [3.8, 4) is 0 Å². The molecule has 1 saturated carbocycles. The second-order valence-corrected chi connectivity index (χ2v) is 11.6. The Morgan fingerprint density at radius 1 is 1.03 bits per heavy atom. The van der Waals surface area contributed by atoms with Crippen molar-refractivity contribution >= 4 is 39.3 Å². The van der Waals surface area contributed by atoms with Crippen molar-refractivity contribution in [3.05, 3.63) is 65.2 Å². The lowest BCUT2D eigenvalue weighted by Gasteiger charge is -2.34. The molecule has 1 aliphatic rings. The third-order valence-corrected chi connectivity index (χ3v) is 8.64. The number of para-hydroxylation sites is 1.